The average Bonchev–Trinajstić information content (AvgIpc) is 2.82. The zero-order valence-corrected chi connectivity index (χ0v) is 20.1. The summed E-state index contributed by atoms with van der Waals surface area (Å²) in [6.45, 7) is 0. The minimum atomic E-state index is 1.07. The highest BCUT2D eigenvalue weighted by molar-refractivity contribution is 9.10. The van der Waals surface area contributed by atoms with E-state index < -0.39 is 0 Å². The van der Waals surface area contributed by atoms with Crippen molar-refractivity contribution in [3.8, 4) is 11.1 Å². The molecule has 0 radical (unpaired) electrons. The van der Waals surface area contributed by atoms with Gasteiger partial charge in [0.25, 0.3) is 0 Å². The smallest absolute Gasteiger partial charge is 0.0462 e. The zero-order valence-electron chi connectivity index (χ0n) is 16.9. The van der Waals surface area contributed by atoms with Gasteiger partial charge in [-0.25, -0.2) is 0 Å². The highest BCUT2D eigenvalue weighted by atomic mass is 79.9. The molecule has 0 aliphatic heterocycles. The monoisotopic (exact) mass is 529 g/mol. The SMILES string of the molecule is Brc1ccc(N(c2ccc(Br)cc2)c2ccc(-c3ccc4c(c3)CCC=C4)cc2)cc1. The molecule has 0 bridgehead atoms. The van der Waals surface area contributed by atoms with Gasteiger partial charge in [0, 0.05) is 26.0 Å². The number of nitrogens with zero attached hydrogens (tertiary/aromatic N) is 1. The molecule has 0 amide bonds. The van der Waals surface area contributed by atoms with Crippen LogP contribution >= 0.6 is 31.9 Å². The van der Waals surface area contributed by atoms with Crippen LogP contribution in [0, 0.1) is 0 Å². The Kier molecular flexibility index (Phi) is 5.80. The Balaban J connectivity index is 1.52. The second-order valence-corrected chi connectivity index (χ2v) is 9.52. The molecule has 1 nitrogen and oxygen atoms in total. The van der Waals surface area contributed by atoms with Crippen LogP contribution < -0.4 is 4.90 Å². The lowest BCUT2D eigenvalue weighted by Gasteiger charge is -2.26. The van der Waals surface area contributed by atoms with Crippen molar-refractivity contribution in [3.63, 3.8) is 0 Å². The van der Waals surface area contributed by atoms with E-state index in [1.54, 1.807) is 0 Å². The molecular weight excluding hydrogens is 510 g/mol. The van der Waals surface area contributed by atoms with E-state index in [1.165, 1.54) is 22.3 Å². The first kappa shape index (κ1) is 20.3. The molecule has 0 aromatic heterocycles. The minimum Gasteiger partial charge on any atom is -0.311 e. The summed E-state index contributed by atoms with van der Waals surface area (Å²) in [5, 5.41) is 0. The van der Waals surface area contributed by atoms with Gasteiger partial charge < -0.3 is 4.90 Å². The number of hydrogen-bond donors (Lipinski definition) is 0. The molecule has 152 valence electrons. The fourth-order valence-electron chi connectivity index (χ4n) is 4.04. The molecule has 0 heterocycles. The highest BCUT2D eigenvalue weighted by Gasteiger charge is 2.13. The Morgan fingerprint density at radius 1 is 0.581 bits per heavy atom. The molecule has 0 saturated heterocycles. The van der Waals surface area contributed by atoms with Crippen molar-refractivity contribution in [2.24, 2.45) is 0 Å². The summed E-state index contributed by atoms with van der Waals surface area (Å²) >= 11 is 7.10. The standard InChI is InChI=1S/C28H21Br2N/c29-24-9-15-27(16-10-24)31(28-17-11-25(30)12-18-28)26-13-7-21(8-14-26)23-6-5-20-3-1-2-4-22(20)19-23/h1,3,5-19H,2,4H2. The van der Waals surface area contributed by atoms with Crippen molar-refractivity contribution < 1.29 is 0 Å². The molecule has 4 aromatic carbocycles. The summed E-state index contributed by atoms with van der Waals surface area (Å²) in [6.07, 6.45) is 6.75. The van der Waals surface area contributed by atoms with E-state index in [-0.39, 0.29) is 0 Å². The lowest BCUT2D eigenvalue weighted by molar-refractivity contribution is 0.986. The van der Waals surface area contributed by atoms with Gasteiger partial charge in [-0.3, -0.25) is 0 Å². The predicted octanol–water partition coefficient (Wildman–Crippen LogP) is 9.31. The van der Waals surface area contributed by atoms with Crippen LogP contribution in [0.25, 0.3) is 17.2 Å². The van der Waals surface area contributed by atoms with Gasteiger partial charge in [0.15, 0.2) is 0 Å². The number of halogens is 2. The van der Waals surface area contributed by atoms with Crippen LogP contribution in [0.5, 0.6) is 0 Å². The van der Waals surface area contributed by atoms with E-state index in [0.717, 1.165) is 38.8 Å². The fraction of sp³-hybridized carbons (Fsp3) is 0.0714. The zero-order chi connectivity index (χ0) is 21.2. The molecule has 0 saturated carbocycles. The molecule has 4 aromatic rings. The maximum atomic E-state index is 3.55. The Hall–Kier alpha value is -2.62. The summed E-state index contributed by atoms with van der Waals surface area (Å²) < 4.78 is 2.15. The Morgan fingerprint density at radius 2 is 1.10 bits per heavy atom. The van der Waals surface area contributed by atoms with Crippen LogP contribution in [-0.2, 0) is 6.42 Å². The third kappa shape index (κ3) is 4.39. The summed E-state index contributed by atoms with van der Waals surface area (Å²) in [4.78, 5) is 2.28. The fourth-order valence-corrected chi connectivity index (χ4v) is 4.57. The Bertz CT molecular complexity index is 1180. The van der Waals surface area contributed by atoms with Gasteiger partial charge in [-0.1, -0.05) is 74.3 Å². The third-order valence-electron chi connectivity index (χ3n) is 5.65. The summed E-state index contributed by atoms with van der Waals surface area (Å²) in [7, 11) is 0. The first-order valence-corrected chi connectivity index (χ1v) is 12.0. The van der Waals surface area contributed by atoms with E-state index in [9.17, 15) is 0 Å². The average molecular weight is 531 g/mol. The lowest BCUT2D eigenvalue weighted by atomic mass is 9.93. The van der Waals surface area contributed by atoms with Gasteiger partial charge in [0.1, 0.15) is 0 Å². The number of hydrogen-bond acceptors (Lipinski definition) is 1. The van der Waals surface area contributed by atoms with Crippen LogP contribution in [0.4, 0.5) is 17.1 Å². The maximum Gasteiger partial charge on any atom is 0.0462 e. The van der Waals surface area contributed by atoms with E-state index in [0.29, 0.717) is 0 Å². The predicted molar refractivity (Wildman–Crippen MR) is 139 cm³/mol. The van der Waals surface area contributed by atoms with Crippen molar-refractivity contribution >= 4 is 55.0 Å². The van der Waals surface area contributed by atoms with Gasteiger partial charge in [-0.2, -0.15) is 0 Å². The molecule has 0 atom stereocenters. The minimum absolute atomic E-state index is 1.07. The van der Waals surface area contributed by atoms with Gasteiger partial charge >= 0.3 is 0 Å². The van der Waals surface area contributed by atoms with Gasteiger partial charge in [0.05, 0.1) is 0 Å². The lowest BCUT2D eigenvalue weighted by Crippen LogP contribution is -2.09. The van der Waals surface area contributed by atoms with E-state index in [1.807, 2.05) is 0 Å². The van der Waals surface area contributed by atoms with Gasteiger partial charge in [0.2, 0.25) is 0 Å². The normalized spacial score (nSPS) is 12.5. The molecule has 0 unspecified atom stereocenters. The Labute approximate surface area is 200 Å². The van der Waals surface area contributed by atoms with Crippen LogP contribution in [-0.4, -0.2) is 0 Å². The molecule has 0 N–H and O–H groups in total. The van der Waals surface area contributed by atoms with Gasteiger partial charge in [-0.05, 0) is 95.8 Å². The first-order chi connectivity index (χ1) is 15.2. The van der Waals surface area contributed by atoms with E-state index in [4.69, 9.17) is 0 Å². The molecule has 0 spiro atoms. The van der Waals surface area contributed by atoms with Crippen molar-refractivity contribution in [3.05, 3.63) is 117 Å². The Morgan fingerprint density at radius 3 is 1.68 bits per heavy atom. The first-order valence-electron chi connectivity index (χ1n) is 10.4. The van der Waals surface area contributed by atoms with E-state index in [2.05, 4.69) is 140 Å². The molecule has 1 aliphatic carbocycles. The van der Waals surface area contributed by atoms with E-state index >= 15 is 0 Å². The van der Waals surface area contributed by atoms with Crippen molar-refractivity contribution in [2.75, 3.05) is 4.90 Å². The van der Waals surface area contributed by atoms with Crippen LogP contribution in [0.15, 0.2) is 106 Å². The molecule has 1 aliphatic rings. The second-order valence-electron chi connectivity index (χ2n) is 7.69. The van der Waals surface area contributed by atoms with Crippen LogP contribution in [0.2, 0.25) is 0 Å². The van der Waals surface area contributed by atoms with Crippen molar-refractivity contribution in [1.82, 2.24) is 0 Å². The number of rotatable bonds is 4. The molecule has 31 heavy (non-hydrogen) atoms. The van der Waals surface area contributed by atoms with Crippen LogP contribution in [0.3, 0.4) is 0 Å². The third-order valence-corrected chi connectivity index (χ3v) is 6.71. The topological polar surface area (TPSA) is 3.24 Å². The van der Waals surface area contributed by atoms with Crippen molar-refractivity contribution in [1.29, 1.82) is 0 Å². The number of benzene rings is 4. The summed E-state index contributed by atoms with van der Waals surface area (Å²) in [5.74, 6) is 0. The maximum absolute atomic E-state index is 3.55. The second kappa shape index (κ2) is 8.86. The molecular formula is C28H21Br2N. The quantitative estimate of drug-likeness (QED) is 0.254. The number of allylic oxidation sites excluding steroid dienone is 1. The summed E-state index contributed by atoms with van der Waals surface area (Å²) in [6, 6.07) is 32.5. The number of anilines is 3. The van der Waals surface area contributed by atoms with Crippen molar-refractivity contribution in [2.45, 2.75) is 12.8 Å². The molecule has 3 heteroatoms. The van der Waals surface area contributed by atoms with Crippen LogP contribution in [0.1, 0.15) is 17.5 Å². The molecule has 0 fully saturated rings. The number of aryl methyl sites for hydroxylation is 1. The van der Waals surface area contributed by atoms with Gasteiger partial charge in [-0.15, -0.1) is 0 Å². The largest absolute Gasteiger partial charge is 0.311 e. The molecule has 5 rings (SSSR count). The number of fused-ring (bicyclic) bond motifs is 1. The highest BCUT2D eigenvalue weighted by Crippen LogP contribution is 2.37. The summed E-state index contributed by atoms with van der Waals surface area (Å²) in [5.41, 5.74) is 8.69.